The van der Waals surface area contributed by atoms with Crippen LogP contribution in [0, 0.1) is 13.0 Å². The van der Waals surface area contributed by atoms with Gasteiger partial charge in [0.25, 0.3) is 0 Å². The van der Waals surface area contributed by atoms with Gasteiger partial charge in [-0.25, -0.2) is 9.37 Å². The Labute approximate surface area is 181 Å². The molecule has 0 atom stereocenters. The first-order valence-electron chi connectivity index (χ1n) is 7.88. The maximum Gasteiger partial charge on any atom is 0.227 e. The van der Waals surface area contributed by atoms with E-state index in [-0.39, 0.29) is 11.6 Å². The van der Waals surface area contributed by atoms with Crippen molar-refractivity contribution in [1.29, 1.82) is 0 Å². The van der Waals surface area contributed by atoms with Crippen molar-refractivity contribution in [3.63, 3.8) is 0 Å². The molecule has 27 heavy (non-hydrogen) atoms. The van der Waals surface area contributed by atoms with E-state index in [1.165, 1.54) is 12.1 Å². The summed E-state index contributed by atoms with van der Waals surface area (Å²) in [6, 6.07) is 15.2. The predicted molar refractivity (Wildman–Crippen MR) is 120 cm³/mol. The second kappa shape index (κ2) is 7.55. The molecule has 0 amide bonds. The lowest BCUT2D eigenvalue weighted by Crippen LogP contribution is -1.87. The molecule has 1 heterocycles. The van der Waals surface area contributed by atoms with Gasteiger partial charge in [-0.2, -0.15) is 0 Å². The van der Waals surface area contributed by atoms with Gasteiger partial charge in [-0.3, -0.25) is 4.99 Å². The van der Waals surface area contributed by atoms with E-state index in [1.54, 1.807) is 30.5 Å². The third-order valence-corrected chi connectivity index (χ3v) is 5.32. The van der Waals surface area contributed by atoms with Crippen LogP contribution in [0.3, 0.4) is 0 Å². The first kappa shape index (κ1) is 18.4. The highest BCUT2D eigenvalue weighted by molar-refractivity contribution is 14.1. The van der Waals surface area contributed by atoms with Crippen molar-refractivity contribution in [2.75, 3.05) is 0 Å². The summed E-state index contributed by atoms with van der Waals surface area (Å²) >= 11 is 4.29. The first-order chi connectivity index (χ1) is 13.0. The molecule has 0 aliphatic carbocycles. The molecule has 4 nitrogen and oxygen atoms in total. The van der Waals surface area contributed by atoms with Gasteiger partial charge in [-0.05, 0) is 99.8 Å². The number of rotatable bonds is 3. The van der Waals surface area contributed by atoms with Crippen LogP contribution in [0.5, 0.6) is 5.75 Å². The second-order valence-electron chi connectivity index (χ2n) is 5.76. The lowest BCUT2D eigenvalue weighted by Gasteiger charge is -2.02. The van der Waals surface area contributed by atoms with Gasteiger partial charge in [-0.1, -0.05) is 0 Å². The number of hydrogen-bond acceptors (Lipinski definition) is 4. The van der Waals surface area contributed by atoms with Crippen LogP contribution in [0.2, 0.25) is 0 Å². The molecule has 3 aromatic carbocycles. The number of phenolic OH excluding ortho intramolecular Hbond substituents is 1. The second-order valence-corrected chi connectivity index (χ2v) is 8.17. The summed E-state index contributed by atoms with van der Waals surface area (Å²) in [5.74, 6) is 0.330. The number of hydrogen-bond donors (Lipinski definition) is 1. The standard InChI is InChI=1S/C20H11FI2N2O2/c21-13-3-1-11(2-4-13)20-25-17-9-15(5-6-18(17)27-20)24-10-12-7-14(22)8-16(23)19(12)26/h1-10,26H. The number of aliphatic imine (C=N–C) groups is 1. The van der Waals surface area contributed by atoms with Gasteiger partial charge >= 0.3 is 0 Å². The van der Waals surface area contributed by atoms with Crippen molar-refractivity contribution in [3.05, 3.63) is 73.1 Å². The highest BCUT2D eigenvalue weighted by Crippen LogP contribution is 2.29. The number of aromatic hydroxyl groups is 1. The van der Waals surface area contributed by atoms with E-state index in [9.17, 15) is 9.50 Å². The zero-order valence-electron chi connectivity index (χ0n) is 13.7. The highest BCUT2D eigenvalue weighted by atomic mass is 127. The molecular weight excluding hydrogens is 573 g/mol. The molecule has 0 aliphatic rings. The molecular formula is C20H11FI2N2O2. The summed E-state index contributed by atoms with van der Waals surface area (Å²) in [7, 11) is 0. The number of halogens is 3. The molecule has 134 valence electrons. The van der Waals surface area contributed by atoms with Crippen LogP contribution in [-0.2, 0) is 0 Å². The Morgan fingerprint density at radius 1 is 1.04 bits per heavy atom. The molecule has 0 saturated heterocycles. The number of aromatic nitrogens is 1. The maximum absolute atomic E-state index is 13.1. The van der Waals surface area contributed by atoms with Gasteiger partial charge in [-0.15, -0.1) is 0 Å². The fraction of sp³-hybridized carbons (Fsp3) is 0. The average Bonchev–Trinajstić information content (AvgIpc) is 3.07. The van der Waals surface area contributed by atoms with E-state index >= 15 is 0 Å². The Morgan fingerprint density at radius 3 is 2.59 bits per heavy atom. The van der Waals surface area contributed by atoms with E-state index in [0.717, 1.165) is 7.14 Å². The third kappa shape index (κ3) is 3.98. The molecule has 0 radical (unpaired) electrons. The maximum atomic E-state index is 13.1. The normalized spacial score (nSPS) is 11.5. The highest BCUT2D eigenvalue weighted by Gasteiger charge is 2.09. The molecule has 4 rings (SSSR count). The van der Waals surface area contributed by atoms with E-state index in [4.69, 9.17) is 4.42 Å². The molecule has 1 N–H and O–H groups in total. The topological polar surface area (TPSA) is 58.6 Å². The van der Waals surface area contributed by atoms with Crippen molar-refractivity contribution >= 4 is 68.2 Å². The number of phenols is 1. The third-order valence-electron chi connectivity index (χ3n) is 3.87. The molecule has 1 aromatic heterocycles. The van der Waals surface area contributed by atoms with Crippen LogP contribution in [0.25, 0.3) is 22.6 Å². The average molecular weight is 584 g/mol. The number of oxazole rings is 1. The predicted octanol–water partition coefficient (Wildman–Crippen LogP) is 6.30. The quantitative estimate of drug-likeness (QED) is 0.227. The number of nitrogens with zero attached hydrogens (tertiary/aromatic N) is 2. The van der Waals surface area contributed by atoms with Crippen LogP contribution >= 0.6 is 45.2 Å². The van der Waals surface area contributed by atoms with Crippen molar-refractivity contribution < 1.29 is 13.9 Å². The van der Waals surface area contributed by atoms with Crippen molar-refractivity contribution in [3.8, 4) is 17.2 Å². The van der Waals surface area contributed by atoms with Gasteiger partial charge < -0.3 is 9.52 Å². The molecule has 0 bridgehead atoms. The van der Waals surface area contributed by atoms with Gasteiger partial charge in [0.15, 0.2) is 5.58 Å². The largest absolute Gasteiger partial charge is 0.506 e. The van der Waals surface area contributed by atoms with Crippen LogP contribution < -0.4 is 0 Å². The Balaban J connectivity index is 1.67. The monoisotopic (exact) mass is 584 g/mol. The molecule has 0 aliphatic heterocycles. The summed E-state index contributed by atoms with van der Waals surface area (Å²) in [6.07, 6.45) is 1.63. The van der Waals surface area contributed by atoms with Gasteiger partial charge in [0.05, 0.1) is 9.26 Å². The van der Waals surface area contributed by atoms with Crippen LogP contribution in [0.4, 0.5) is 10.1 Å². The fourth-order valence-corrected chi connectivity index (χ4v) is 4.43. The van der Waals surface area contributed by atoms with Gasteiger partial charge in [0, 0.05) is 20.9 Å². The number of benzene rings is 3. The van der Waals surface area contributed by atoms with E-state index in [0.29, 0.717) is 33.8 Å². The molecule has 0 saturated carbocycles. The lowest BCUT2D eigenvalue weighted by atomic mass is 10.2. The Hall–Kier alpha value is -2.01. The molecule has 0 fully saturated rings. The van der Waals surface area contributed by atoms with Crippen LogP contribution in [-0.4, -0.2) is 16.3 Å². The Bertz CT molecular complexity index is 1170. The minimum atomic E-state index is -0.306. The summed E-state index contributed by atoms with van der Waals surface area (Å²) in [5, 5.41) is 10.2. The van der Waals surface area contributed by atoms with E-state index in [1.807, 2.05) is 18.2 Å². The molecule has 7 heteroatoms. The van der Waals surface area contributed by atoms with Crippen LogP contribution in [0.15, 0.2) is 64.0 Å². The van der Waals surface area contributed by atoms with Crippen LogP contribution in [0.1, 0.15) is 5.56 Å². The summed E-state index contributed by atoms with van der Waals surface area (Å²) in [6.45, 7) is 0. The molecule has 0 unspecified atom stereocenters. The molecule has 0 spiro atoms. The minimum absolute atomic E-state index is 0.209. The fourth-order valence-electron chi connectivity index (χ4n) is 2.54. The summed E-state index contributed by atoms with van der Waals surface area (Å²) in [5.41, 5.74) is 3.33. The first-order valence-corrected chi connectivity index (χ1v) is 10.0. The SMILES string of the molecule is Oc1c(I)cc(I)cc1C=Nc1ccc2oc(-c3ccc(F)cc3)nc2c1. The summed E-state index contributed by atoms with van der Waals surface area (Å²) in [4.78, 5) is 8.90. The lowest BCUT2D eigenvalue weighted by molar-refractivity contribution is 0.470. The molecule has 4 aromatic rings. The Morgan fingerprint density at radius 2 is 1.81 bits per heavy atom. The minimum Gasteiger partial charge on any atom is -0.506 e. The summed E-state index contributed by atoms with van der Waals surface area (Å²) < 4.78 is 20.6. The zero-order valence-corrected chi connectivity index (χ0v) is 18.0. The van der Waals surface area contributed by atoms with Crippen molar-refractivity contribution in [1.82, 2.24) is 4.98 Å². The van der Waals surface area contributed by atoms with Gasteiger partial charge in [0.2, 0.25) is 5.89 Å². The zero-order chi connectivity index (χ0) is 19.0. The van der Waals surface area contributed by atoms with E-state index in [2.05, 4.69) is 55.2 Å². The van der Waals surface area contributed by atoms with Crippen molar-refractivity contribution in [2.45, 2.75) is 0 Å². The van der Waals surface area contributed by atoms with E-state index < -0.39 is 0 Å². The van der Waals surface area contributed by atoms with Gasteiger partial charge in [0.1, 0.15) is 17.1 Å². The Kier molecular flexibility index (Phi) is 5.13. The number of fused-ring (bicyclic) bond motifs is 1. The smallest absolute Gasteiger partial charge is 0.227 e. The van der Waals surface area contributed by atoms with Crippen molar-refractivity contribution in [2.24, 2.45) is 4.99 Å².